The number of carbonyl (C=O) groups excluding carboxylic acids is 1. The number of carbonyl (C=O) groups is 1. The molecule has 0 fully saturated rings. The normalized spacial score (nSPS) is 15.9. The summed E-state index contributed by atoms with van der Waals surface area (Å²) in [5.74, 6) is -0.270. The number of fused-ring (bicyclic) bond motifs is 1. The van der Waals surface area contributed by atoms with Gasteiger partial charge in [-0.05, 0) is 54.3 Å². The third kappa shape index (κ3) is 3.45. The SMILES string of the molecule is CCOC(=O)c1ccc(C2c3ccccc3CCN2c2ccccc2)cc1. The highest BCUT2D eigenvalue weighted by molar-refractivity contribution is 5.89. The van der Waals surface area contributed by atoms with Gasteiger partial charge in [0.15, 0.2) is 0 Å². The molecular weight excluding hydrogens is 334 g/mol. The van der Waals surface area contributed by atoms with Crippen LogP contribution < -0.4 is 4.90 Å². The molecule has 3 aromatic carbocycles. The Bertz CT molecular complexity index is 919. The summed E-state index contributed by atoms with van der Waals surface area (Å²) >= 11 is 0. The van der Waals surface area contributed by atoms with Crippen molar-refractivity contribution in [3.8, 4) is 0 Å². The van der Waals surface area contributed by atoms with Crippen LogP contribution in [0.4, 0.5) is 5.69 Å². The number of hydrogen-bond donors (Lipinski definition) is 0. The number of benzene rings is 3. The maximum Gasteiger partial charge on any atom is 0.338 e. The molecule has 3 heteroatoms. The average Bonchev–Trinajstić information content (AvgIpc) is 2.74. The van der Waals surface area contributed by atoms with Crippen molar-refractivity contribution in [3.63, 3.8) is 0 Å². The Hall–Kier alpha value is -3.07. The van der Waals surface area contributed by atoms with Gasteiger partial charge in [-0.1, -0.05) is 54.6 Å². The molecule has 1 heterocycles. The van der Waals surface area contributed by atoms with E-state index in [9.17, 15) is 4.79 Å². The van der Waals surface area contributed by atoms with E-state index in [2.05, 4.69) is 65.6 Å². The van der Waals surface area contributed by atoms with Crippen LogP contribution in [0.15, 0.2) is 78.9 Å². The molecule has 1 aliphatic rings. The molecule has 0 aromatic heterocycles. The first-order valence-electron chi connectivity index (χ1n) is 9.44. The average molecular weight is 357 g/mol. The lowest BCUT2D eigenvalue weighted by Crippen LogP contribution is -2.36. The number of para-hydroxylation sites is 1. The molecule has 0 saturated heterocycles. The topological polar surface area (TPSA) is 29.5 Å². The highest BCUT2D eigenvalue weighted by Gasteiger charge is 2.28. The van der Waals surface area contributed by atoms with Crippen LogP contribution in [0.25, 0.3) is 0 Å². The predicted octanol–water partition coefficient (Wildman–Crippen LogP) is 5.02. The Morgan fingerprint density at radius 2 is 1.67 bits per heavy atom. The van der Waals surface area contributed by atoms with E-state index in [1.165, 1.54) is 22.4 Å². The molecule has 4 rings (SSSR count). The van der Waals surface area contributed by atoms with Gasteiger partial charge in [0.05, 0.1) is 18.2 Å². The predicted molar refractivity (Wildman–Crippen MR) is 108 cm³/mol. The molecule has 0 aliphatic carbocycles. The van der Waals surface area contributed by atoms with Crippen molar-refractivity contribution in [2.75, 3.05) is 18.1 Å². The number of hydrogen-bond acceptors (Lipinski definition) is 3. The molecule has 1 unspecified atom stereocenters. The summed E-state index contributed by atoms with van der Waals surface area (Å²) in [6, 6.07) is 27.1. The van der Waals surface area contributed by atoms with E-state index in [1.54, 1.807) is 0 Å². The van der Waals surface area contributed by atoms with Gasteiger partial charge in [0, 0.05) is 12.2 Å². The lowest BCUT2D eigenvalue weighted by molar-refractivity contribution is 0.0526. The van der Waals surface area contributed by atoms with Gasteiger partial charge in [-0.15, -0.1) is 0 Å². The van der Waals surface area contributed by atoms with Crippen LogP contribution in [0, 0.1) is 0 Å². The van der Waals surface area contributed by atoms with E-state index >= 15 is 0 Å². The van der Waals surface area contributed by atoms with Crippen molar-refractivity contribution in [2.24, 2.45) is 0 Å². The summed E-state index contributed by atoms with van der Waals surface area (Å²) in [5.41, 5.74) is 5.71. The minimum Gasteiger partial charge on any atom is -0.462 e. The zero-order chi connectivity index (χ0) is 18.6. The second-order valence-corrected chi connectivity index (χ2v) is 6.72. The van der Waals surface area contributed by atoms with Crippen LogP contribution in [0.5, 0.6) is 0 Å². The Morgan fingerprint density at radius 3 is 2.41 bits per heavy atom. The molecule has 0 amide bonds. The summed E-state index contributed by atoms with van der Waals surface area (Å²) in [5, 5.41) is 0. The Morgan fingerprint density at radius 1 is 0.963 bits per heavy atom. The third-order valence-electron chi connectivity index (χ3n) is 5.11. The first-order valence-corrected chi connectivity index (χ1v) is 9.44. The fourth-order valence-corrected chi connectivity index (χ4v) is 3.84. The fraction of sp³-hybridized carbons (Fsp3) is 0.208. The number of anilines is 1. The Kier molecular flexibility index (Phi) is 4.93. The smallest absolute Gasteiger partial charge is 0.338 e. The van der Waals surface area contributed by atoms with Gasteiger partial charge in [-0.2, -0.15) is 0 Å². The van der Waals surface area contributed by atoms with Crippen molar-refractivity contribution in [2.45, 2.75) is 19.4 Å². The summed E-state index contributed by atoms with van der Waals surface area (Å²) in [6.45, 7) is 3.17. The number of nitrogens with zero attached hydrogens (tertiary/aromatic N) is 1. The van der Waals surface area contributed by atoms with Crippen LogP contribution in [-0.2, 0) is 11.2 Å². The van der Waals surface area contributed by atoms with Gasteiger partial charge in [-0.25, -0.2) is 4.79 Å². The second kappa shape index (κ2) is 7.67. The standard InChI is InChI=1S/C24H23NO2/c1-2-27-24(26)20-14-12-19(13-15-20)23-22-11-7-6-8-18(22)16-17-25(23)21-9-4-3-5-10-21/h3-15,23H,2,16-17H2,1H3. The summed E-state index contributed by atoms with van der Waals surface area (Å²) < 4.78 is 5.11. The lowest BCUT2D eigenvalue weighted by atomic mass is 9.87. The minimum absolute atomic E-state index is 0.133. The van der Waals surface area contributed by atoms with E-state index in [4.69, 9.17) is 4.74 Å². The van der Waals surface area contributed by atoms with Crippen LogP contribution in [0.2, 0.25) is 0 Å². The van der Waals surface area contributed by atoms with Crippen molar-refractivity contribution >= 4 is 11.7 Å². The maximum absolute atomic E-state index is 12.0. The molecule has 27 heavy (non-hydrogen) atoms. The number of rotatable bonds is 4. The van der Waals surface area contributed by atoms with Crippen molar-refractivity contribution in [1.29, 1.82) is 0 Å². The largest absolute Gasteiger partial charge is 0.462 e. The Balaban J connectivity index is 1.75. The van der Waals surface area contributed by atoms with Gasteiger partial charge in [-0.3, -0.25) is 0 Å². The molecule has 1 aliphatic heterocycles. The quantitative estimate of drug-likeness (QED) is 0.614. The van der Waals surface area contributed by atoms with Gasteiger partial charge in [0.2, 0.25) is 0 Å². The summed E-state index contributed by atoms with van der Waals surface area (Å²) in [4.78, 5) is 14.4. The molecule has 3 nitrogen and oxygen atoms in total. The highest BCUT2D eigenvalue weighted by atomic mass is 16.5. The first-order chi connectivity index (χ1) is 13.3. The van der Waals surface area contributed by atoms with E-state index in [-0.39, 0.29) is 12.0 Å². The van der Waals surface area contributed by atoms with Crippen LogP contribution in [-0.4, -0.2) is 19.1 Å². The Labute approximate surface area is 160 Å². The van der Waals surface area contributed by atoms with Crippen LogP contribution in [0.1, 0.15) is 40.0 Å². The van der Waals surface area contributed by atoms with Crippen LogP contribution >= 0.6 is 0 Å². The molecule has 0 spiro atoms. The first kappa shape index (κ1) is 17.3. The molecule has 0 N–H and O–H groups in total. The van der Waals surface area contributed by atoms with E-state index < -0.39 is 0 Å². The summed E-state index contributed by atoms with van der Waals surface area (Å²) in [7, 11) is 0. The maximum atomic E-state index is 12.0. The highest BCUT2D eigenvalue weighted by Crippen LogP contribution is 2.38. The molecule has 136 valence electrons. The van der Waals surface area contributed by atoms with E-state index in [1.807, 2.05) is 25.1 Å². The van der Waals surface area contributed by atoms with Crippen molar-refractivity contribution in [1.82, 2.24) is 0 Å². The lowest BCUT2D eigenvalue weighted by Gasteiger charge is -2.39. The molecule has 0 bridgehead atoms. The monoisotopic (exact) mass is 357 g/mol. The van der Waals surface area contributed by atoms with E-state index in [0.29, 0.717) is 12.2 Å². The van der Waals surface area contributed by atoms with Gasteiger partial charge < -0.3 is 9.64 Å². The van der Waals surface area contributed by atoms with Crippen LogP contribution in [0.3, 0.4) is 0 Å². The summed E-state index contributed by atoms with van der Waals surface area (Å²) in [6.07, 6.45) is 1.03. The van der Waals surface area contributed by atoms with Crippen molar-refractivity contribution < 1.29 is 9.53 Å². The zero-order valence-electron chi connectivity index (χ0n) is 15.5. The molecule has 0 radical (unpaired) electrons. The molecule has 1 atom stereocenters. The molecule has 3 aromatic rings. The van der Waals surface area contributed by atoms with Gasteiger partial charge in [0.1, 0.15) is 0 Å². The van der Waals surface area contributed by atoms with Crippen molar-refractivity contribution in [3.05, 3.63) is 101 Å². The number of esters is 1. The number of ether oxygens (including phenoxy) is 1. The van der Waals surface area contributed by atoms with Gasteiger partial charge >= 0.3 is 5.97 Å². The minimum atomic E-state index is -0.270. The second-order valence-electron chi connectivity index (χ2n) is 6.72. The third-order valence-corrected chi connectivity index (χ3v) is 5.11. The van der Waals surface area contributed by atoms with E-state index in [0.717, 1.165) is 13.0 Å². The fourth-order valence-electron chi connectivity index (χ4n) is 3.84. The molecular formula is C24H23NO2. The molecule has 0 saturated carbocycles. The van der Waals surface area contributed by atoms with Gasteiger partial charge in [0.25, 0.3) is 0 Å². The zero-order valence-corrected chi connectivity index (χ0v) is 15.5.